The van der Waals surface area contributed by atoms with Crippen molar-refractivity contribution in [1.82, 2.24) is 9.88 Å². The van der Waals surface area contributed by atoms with Gasteiger partial charge in [0, 0.05) is 31.9 Å². The lowest BCUT2D eigenvalue weighted by Gasteiger charge is -2.35. The second kappa shape index (κ2) is 8.04. The molecule has 7 nitrogen and oxygen atoms in total. The van der Waals surface area contributed by atoms with E-state index < -0.39 is 4.92 Å². The van der Waals surface area contributed by atoms with E-state index in [2.05, 4.69) is 46.4 Å². The number of hydrogen-bond donors (Lipinski definition) is 1. The highest BCUT2D eigenvalue weighted by Crippen LogP contribution is 2.25. The number of nitro groups is 1. The van der Waals surface area contributed by atoms with Gasteiger partial charge in [-0.1, -0.05) is 29.8 Å². The van der Waals surface area contributed by atoms with Gasteiger partial charge in [-0.25, -0.2) is 4.98 Å². The highest BCUT2D eigenvalue weighted by molar-refractivity contribution is 5.55. The average Bonchev–Trinajstić information content (AvgIpc) is 2.64. The average molecular weight is 342 g/mol. The fourth-order valence-electron chi connectivity index (χ4n) is 3.01. The molecule has 1 aliphatic heterocycles. The van der Waals surface area contributed by atoms with E-state index in [9.17, 15) is 10.1 Å². The van der Waals surface area contributed by atoms with E-state index in [0.717, 1.165) is 13.1 Å². The Bertz CT molecular complexity index is 715. The molecule has 0 spiro atoms. The van der Waals surface area contributed by atoms with Crippen molar-refractivity contribution in [1.29, 1.82) is 0 Å². The van der Waals surface area contributed by atoms with E-state index in [1.54, 1.807) is 12.3 Å². The number of aryl methyl sites for hydroxylation is 1. The lowest BCUT2D eigenvalue weighted by molar-refractivity contribution is -0.384. The normalized spacial score (nSPS) is 16.4. The molecule has 0 aliphatic carbocycles. The van der Waals surface area contributed by atoms with Crippen LogP contribution in [-0.4, -0.2) is 47.7 Å². The van der Waals surface area contributed by atoms with E-state index in [-0.39, 0.29) is 11.7 Å². The number of aromatic nitrogens is 1. The second-order valence-electron chi connectivity index (χ2n) is 6.08. The molecule has 0 bridgehead atoms. The molecular formula is C18H22N4O3. The summed E-state index contributed by atoms with van der Waals surface area (Å²) < 4.78 is 5.45. The smallest absolute Gasteiger partial charge is 0.311 e. The fourth-order valence-corrected chi connectivity index (χ4v) is 3.01. The summed E-state index contributed by atoms with van der Waals surface area (Å²) >= 11 is 0. The summed E-state index contributed by atoms with van der Waals surface area (Å²) in [5.41, 5.74) is 2.38. The maximum Gasteiger partial charge on any atom is 0.311 e. The SMILES string of the molecule is Cc1ccc(C(CNc2ncccc2[N+](=O)[O-])N2CCOCC2)cc1. The molecule has 1 saturated heterocycles. The van der Waals surface area contributed by atoms with E-state index in [0.29, 0.717) is 25.6 Å². The monoisotopic (exact) mass is 342 g/mol. The van der Waals surface area contributed by atoms with E-state index in [1.165, 1.54) is 17.2 Å². The van der Waals surface area contributed by atoms with Gasteiger partial charge in [0.1, 0.15) is 0 Å². The minimum atomic E-state index is -0.412. The number of benzene rings is 1. The summed E-state index contributed by atoms with van der Waals surface area (Å²) in [5.74, 6) is 0.304. The van der Waals surface area contributed by atoms with Gasteiger partial charge in [-0.2, -0.15) is 0 Å². The number of nitrogens with one attached hydrogen (secondary N) is 1. The number of nitrogens with zero attached hydrogens (tertiary/aromatic N) is 3. The number of anilines is 1. The Morgan fingerprint density at radius 1 is 1.28 bits per heavy atom. The molecule has 0 radical (unpaired) electrons. The van der Waals surface area contributed by atoms with Gasteiger partial charge in [0.15, 0.2) is 0 Å². The third kappa shape index (κ3) is 4.32. The Kier molecular flexibility index (Phi) is 5.57. The summed E-state index contributed by atoms with van der Waals surface area (Å²) in [6.07, 6.45) is 1.56. The third-order valence-electron chi connectivity index (χ3n) is 4.39. The first-order chi connectivity index (χ1) is 12.1. The number of ether oxygens (including phenoxy) is 1. The van der Waals surface area contributed by atoms with Crippen molar-refractivity contribution in [2.24, 2.45) is 0 Å². The molecule has 0 amide bonds. The molecule has 1 fully saturated rings. The van der Waals surface area contributed by atoms with Crippen molar-refractivity contribution < 1.29 is 9.66 Å². The van der Waals surface area contributed by atoms with Crippen LogP contribution >= 0.6 is 0 Å². The molecule has 25 heavy (non-hydrogen) atoms. The molecule has 1 aliphatic rings. The first-order valence-corrected chi connectivity index (χ1v) is 8.37. The van der Waals surface area contributed by atoms with Gasteiger partial charge in [-0.3, -0.25) is 15.0 Å². The van der Waals surface area contributed by atoms with Gasteiger partial charge in [0.25, 0.3) is 0 Å². The van der Waals surface area contributed by atoms with Gasteiger partial charge in [-0.05, 0) is 18.6 Å². The molecule has 132 valence electrons. The van der Waals surface area contributed by atoms with Crippen molar-refractivity contribution in [3.05, 3.63) is 63.8 Å². The van der Waals surface area contributed by atoms with Crippen molar-refractivity contribution in [2.75, 3.05) is 38.2 Å². The van der Waals surface area contributed by atoms with Crippen LogP contribution in [-0.2, 0) is 4.74 Å². The van der Waals surface area contributed by atoms with Gasteiger partial charge < -0.3 is 10.1 Å². The van der Waals surface area contributed by atoms with Crippen LogP contribution in [0.4, 0.5) is 11.5 Å². The molecule has 1 aromatic carbocycles. The zero-order valence-electron chi connectivity index (χ0n) is 14.2. The standard InChI is InChI=1S/C18H22N4O3/c1-14-4-6-15(7-5-14)17(21-9-11-25-12-10-21)13-20-18-16(22(23)24)3-2-8-19-18/h2-8,17H,9-13H2,1H3,(H,19,20). The third-order valence-corrected chi connectivity index (χ3v) is 4.39. The summed E-state index contributed by atoms with van der Waals surface area (Å²) in [6.45, 7) is 5.68. The lowest BCUT2D eigenvalue weighted by atomic mass is 10.0. The quantitative estimate of drug-likeness (QED) is 0.642. The lowest BCUT2D eigenvalue weighted by Crippen LogP contribution is -2.41. The van der Waals surface area contributed by atoms with Crippen LogP contribution in [0.5, 0.6) is 0 Å². The first kappa shape index (κ1) is 17.3. The van der Waals surface area contributed by atoms with Crippen LogP contribution in [0, 0.1) is 17.0 Å². The summed E-state index contributed by atoms with van der Waals surface area (Å²) in [5, 5.41) is 14.3. The number of hydrogen-bond acceptors (Lipinski definition) is 6. The molecule has 2 heterocycles. The van der Waals surface area contributed by atoms with Crippen molar-refractivity contribution in [3.63, 3.8) is 0 Å². The zero-order chi connectivity index (χ0) is 17.6. The first-order valence-electron chi connectivity index (χ1n) is 8.37. The highest BCUT2D eigenvalue weighted by Gasteiger charge is 2.24. The van der Waals surface area contributed by atoms with Gasteiger partial charge in [0.2, 0.25) is 5.82 Å². The van der Waals surface area contributed by atoms with E-state index in [1.807, 2.05) is 0 Å². The van der Waals surface area contributed by atoms with Crippen LogP contribution in [0.2, 0.25) is 0 Å². The maximum absolute atomic E-state index is 11.2. The Hall–Kier alpha value is -2.51. The van der Waals surface area contributed by atoms with E-state index in [4.69, 9.17) is 4.74 Å². The zero-order valence-corrected chi connectivity index (χ0v) is 14.2. The minimum absolute atomic E-state index is 0.00728. The number of rotatable bonds is 6. The minimum Gasteiger partial charge on any atom is -0.379 e. The van der Waals surface area contributed by atoms with Gasteiger partial charge in [-0.15, -0.1) is 0 Å². The summed E-state index contributed by atoms with van der Waals surface area (Å²) in [7, 11) is 0. The summed E-state index contributed by atoms with van der Waals surface area (Å²) in [6, 6.07) is 11.5. The molecule has 3 rings (SSSR count). The van der Waals surface area contributed by atoms with E-state index >= 15 is 0 Å². The molecule has 1 atom stereocenters. The van der Waals surface area contributed by atoms with Crippen LogP contribution in [0.15, 0.2) is 42.6 Å². The van der Waals surface area contributed by atoms with Crippen LogP contribution in [0.1, 0.15) is 17.2 Å². The predicted octanol–water partition coefficient (Wildman–Crippen LogP) is 2.78. The Morgan fingerprint density at radius 3 is 2.68 bits per heavy atom. The highest BCUT2D eigenvalue weighted by atomic mass is 16.6. The molecule has 0 saturated carbocycles. The molecule has 1 unspecified atom stereocenters. The summed E-state index contributed by atoms with van der Waals surface area (Å²) in [4.78, 5) is 17.2. The predicted molar refractivity (Wildman–Crippen MR) is 95.7 cm³/mol. The Balaban J connectivity index is 1.80. The van der Waals surface area contributed by atoms with Crippen molar-refractivity contribution in [3.8, 4) is 0 Å². The number of morpholine rings is 1. The molecular weight excluding hydrogens is 320 g/mol. The van der Waals surface area contributed by atoms with Crippen molar-refractivity contribution in [2.45, 2.75) is 13.0 Å². The number of pyridine rings is 1. The van der Waals surface area contributed by atoms with Crippen LogP contribution in [0.25, 0.3) is 0 Å². The maximum atomic E-state index is 11.2. The molecule has 1 aromatic heterocycles. The van der Waals surface area contributed by atoms with Crippen molar-refractivity contribution >= 4 is 11.5 Å². The van der Waals surface area contributed by atoms with Crippen LogP contribution in [0.3, 0.4) is 0 Å². The Labute approximate surface area is 146 Å². The van der Waals surface area contributed by atoms with Crippen LogP contribution < -0.4 is 5.32 Å². The second-order valence-corrected chi connectivity index (χ2v) is 6.08. The topological polar surface area (TPSA) is 80.5 Å². The van der Waals surface area contributed by atoms with Gasteiger partial charge in [0.05, 0.1) is 24.2 Å². The molecule has 7 heteroatoms. The molecule has 1 N–H and O–H groups in total. The molecule has 2 aromatic rings. The van der Waals surface area contributed by atoms with Gasteiger partial charge >= 0.3 is 5.69 Å². The Morgan fingerprint density at radius 2 is 2.00 bits per heavy atom. The largest absolute Gasteiger partial charge is 0.379 e. The fraction of sp³-hybridized carbons (Fsp3) is 0.389.